The Morgan fingerprint density at radius 2 is 2.16 bits per heavy atom. The highest BCUT2D eigenvalue weighted by Crippen LogP contribution is 2.42. The lowest BCUT2D eigenvalue weighted by atomic mass is 9.84. The minimum absolute atomic E-state index is 0.106. The fraction of sp³-hybridized carbons (Fsp3) is 0.385. The molecular formula is C13H11F3O3. The summed E-state index contributed by atoms with van der Waals surface area (Å²) in [4.78, 5) is 23.8. The molecule has 2 rings (SSSR count). The average Bonchev–Trinajstić information content (AvgIpc) is 2.64. The fourth-order valence-corrected chi connectivity index (χ4v) is 2.23. The van der Waals surface area contributed by atoms with E-state index in [0.717, 1.165) is 12.1 Å². The number of ether oxygens (including phenoxy) is 1. The van der Waals surface area contributed by atoms with Crippen LogP contribution in [0.15, 0.2) is 18.2 Å². The van der Waals surface area contributed by atoms with E-state index in [-0.39, 0.29) is 17.7 Å². The van der Waals surface area contributed by atoms with Gasteiger partial charge in [0.15, 0.2) is 11.2 Å². The molecule has 1 atom stereocenters. The van der Waals surface area contributed by atoms with Crippen LogP contribution in [0.2, 0.25) is 0 Å². The highest BCUT2D eigenvalue weighted by atomic mass is 19.3. The number of ketones is 1. The fourth-order valence-electron chi connectivity index (χ4n) is 2.23. The molecule has 0 radical (unpaired) electrons. The SMILES string of the molecule is CCOC(=O)C1(C(F)F)Cc2ccc(F)cc2C1=O. The van der Waals surface area contributed by atoms with Crippen LogP contribution in [0, 0.1) is 11.2 Å². The third-order valence-electron chi connectivity index (χ3n) is 3.20. The molecule has 3 nitrogen and oxygen atoms in total. The Hall–Kier alpha value is -1.85. The summed E-state index contributed by atoms with van der Waals surface area (Å²) in [7, 11) is 0. The second kappa shape index (κ2) is 4.68. The van der Waals surface area contributed by atoms with Gasteiger partial charge in [-0.05, 0) is 24.6 Å². The molecule has 0 aromatic heterocycles. The minimum Gasteiger partial charge on any atom is -0.465 e. The summed E-state index contributed by atoms with van der Waals surface area (Å²) in [6.45, 7) is 1.36. The molecule has 102 valence electrons. The third kappa shape index (κ3) is 1.91. The molecule has 0 heterocycles. The van der Waals surface area contributed by atoms with Gasteiger partial charge in [-0.1, -0.05) is 6.07 Å². The molecule has 0 fully saturated rings. The molecule has 0 N–H and O–H groups in total. The maximum absolute atomic E-state index is 13.3. The average molecular weight is 272 g/mol. The van der Waals surface area contributed by atoms with Crippen molar-refractivity contribution >= 4 is 11.8 Å². The largest absolute Gasteiger partial charge is 0.465 e. The van der Waals surface area contributed by atoms with Gasteiger partial charge in [0.2, 0.25) is 0 Å². The van der Waals surface area contributed by atoms with Crippen molar-refractivity contribution in [3.05, 3.63) is 35.1 Å². The molecule has 0 saturated carbocycles. The van der Waals surface area contributed by atoms with E-state index in [1.807, 2.05) is 0 Å². The second-order valence-electron chi connectivity index (χ2n) is 4.30. The number of carbonyl (C=O) groups is 2. The van der Waals surface area contributed by atoms with Crippen molar-refractivity contribution in [2.45, 2.75) is 19.8 Å². The third-order valence-corrected chi connectivity index (χ3v) is 3.20. The summed E-state index contributed by atoms with van der Waals surface area (Å²) >= 11 is 0. The lowest BCUT2D eigenvalue weighted by Crippen LogP contribution is -2.45. The number of esters is 1. The number of halogens is 3. The predicted molar refractivity (Wildman–Crippen MR) is 59.5 cm³/mol. The predicted octanol–water partition coefficient (Wildman–Crippen LogP) is 2.38. The van der Waals surface area contributed by atoms with E-state index in [1.54, 1.807) is 0 Å². The number of Topliss-reactive ketones (excluding diaryl/α,β-unsaturated/α-hetero) is 1. The van der Waals surface area contributed by atoms with E-state index in [1.165, 1.54) is 13.0 Å². The summed E-state index contributed by atoms with van der Waals surface area (Å²) in [5.41, 5.74) is -2.47. The molecule has 1 aromatic rings. The number of hydrogen-bond donors (Lipinski definition) is 0. The summed E-state index contributed by atoms with van der Waals surface area (Å²) in [6, 6.07) is 3.19. The normalized spacial score (nSPS) is 21.6. The number of rotatable bonds is 3. The van der Waals surface area contributed by atoms with Crippen LogP contribution in [0.1, 0.15) is 22.8 Å². The first kappa shape index (κ1) is 13.6. The lowest BCUT2D eigenvalue weighted by molar-refractivity contribution is -0.159. The van der Waals surface area contributed by atoms with Crippen LogP contribution in [0.5, 0.6) is 0 Å². The van der Waals surface area contributed by atoms with Crippen molar-refractivity contribution in [2.75, 3.05) is 6.61 Å². The number of alkyl halides is 2. The van der Waals surface area contributed by atoms with E-state index in [4.69, 9.17) is 0 Å². The molecule has 1 aromatic carbocycles. The van der Waals surface area contributed by atoms with Crippen LogP contribution in [-0.4, -0.2) is 24.8 Å². The Bertz CT molecular complexity index is 542. The lowest BCUT2D eigenvalue weighted by Gasteiger charge is -2.23. The first-order valence-electron chi connectivity index (χ1n) is 5.72. The van der Waals surface area contributed by atoms with Gasteiger partial charge in [0.25, 0.3) is 6.43 Å². The van der Waals surface area contributed by atoms with E-state index < -0.39 is 35.8 Å². The van der Waals surface area contributed by atoms with Crippen molar-refractivity contribution in [2.24, 2.45) is 5.41 Å². The van der Waals surface area contributed by atoms with Crippen molar-refractivity contribution in [1.82, 2.24) is 0 Å². The van der Waals surface area contributed by atoms with Gasteiger partial charge in [-0.2, -0.15) is 0 Å². The Morgan fingerprint density at radius 3 is 2.74 bits per heavy atom. The molecule has 0 aliphatic heterocycles. The molecule has 0 bridgehead atoms. The molecule has 19 heavy (non-hydrogen) atoms. The summed E-state index contributed by atoms with van der Waals surface area (Å²) in [5, 5.41) is 0. The van der Waals surface area contributed by atoms with Crippen LogP contribution in [0.3, 0.4) is 0 Å². The highest BCUT2D eigenvalue weighted by Gasteiger charge is 2.59. The van der Waals surface area contributed by atoms with Crippen LogP contribution < -0.4 is 0 Å². The maximum atomic E-state index is 13.3. The summed E-state index contributed by atoms with van der Waals surface area (Å²) in [5.74, 6) is -3.04. The standard InChI is InChI=1S/C13H11F3O3/c1-2-19-12(18)13(11(15)16)6-7-3-4-8(14)5-9(7)10(13)17/h3-5,11H,2,6H2,1H3. The number of hydrogen-bond acceptors (Lipinski definition) is 3. The van der Waals surface area contributed by atoms with Crippen molar-refractivity contribution in [3.63, 3.8) is 0 Å². The first-order chi connectivity index (χ1) is 8.93. The molecule has 1 unspecified atom stereocenters. The molecule has 1 aliphatic carbocycles. The Kier molecular flexibility index (Phi) is 3.34. The molecule has 0 spiro atoms. The van der Waals surface area contributed by atoms with Crippen molar-refractivity contribution < 1.29 is 27.5 Å². The Labute approximate surface area is 107 Å². The van der Waals surface area contributed by atoms with E-state index >= 15 is 0 Å². The second-order valence-corrected chi connectivity index (χ2v) is 4.30. The van der Waals surface area contributed by atoms with Crippen LogP contribution in [-0.2, 0) is 16.0 Å². The van der Waals surface area contributed by atoms with E-state index in [2.05, 4.69) is 4.74 Å². The Morgan fingerprint density at radius 1 is 1.47 bits per heavy atom. The van der Waals surface area contributed by atoms with Crippen LogP contribution in [0.4, 0.5) is 13.2 Å². The van der Waals surface area contributed by atoms with E-state index in [0.29, 0.717) is 0 Å². The zero-order valence-corrected chi connectivity index (χ0v) is 10.1. The van der Waals surface area contributed by atoms with Gasteiger partial charge in [-0.25, -0.2) is 13.2 Å². The minimum atomic E-state index is -3.20. The van der Waals surface area contributed by atoms with Crippen molar-refractivity contribution in [3.8, 4) is 0 Å². The number of carbonyl (C=O) groups excluding carboxylic acids is 2. The maximum Gasteiger partial charge on any atom is 0.326 e. The zero-order valence-electron chi connectivity index (χ0n) is 10.1. The van der Waals surface area contributed by atoms with Gasteiger partial charge in [0.05, 0.1) is 6.61 Å². The summed E-state index contributed by atoms with van der Waals surface area (Å²) in [6.07, 6.45) is -3.66. The van der Waals surface area contributed by atoms with Gasteiger partial charge in [-0.3, -0.25) is 9.59 Å². The van der Waals surface area contributed by atoms with Gasteiger partial charge < -0.3 is 4.74 Å². The molecule has 0 amide bonds. The van der Waals surface area contributed by atoms with Gasteiger partial charge in [-0.15, -0.1) is 0 Å². The van der Waals surface area contributed by atoms with Gasteiger partial charge in [0, 0.05) is 12.0 Å². The number of benzene rings is 1. The zero-order chi connectivity index (χ0) is 14.2. The van der Waals surface area contributed by atoms with Crippen molar-refractivity contribution in [1.29, 1.82) is 0 Å². The smallest absolute Gasteiger partial charge is 0.326 e. The van der Waals surface area contributed by atoms with Gasteiger partial charge in [0.1, 0.15) is 5.82 Å². The van der Waals surface area contributed by atoms with Crippen LogP contribution >= 0.6 is 0 Å². The Balaban J connectivity index is 2.50. The monoisotopic (exact) mass is 272 g/mol. The van der Waals surface area contributed by atoms with E-state index in [9.17, 15) is 22.8 Å². The molecular weight excluding hydrogens is 261 g/mol. The highest BCUT2D eigenvalue weighted by molar-refractivity contribution is 6.16. The number of fused-ring (bicyclic) bond motifs is 1. The topological polar surface area (TPSA) is 43.4 Å². The quantitative estimate of drug-likeness (QED) is 0.626. The molecule has 1 aliphatic rings. The summed E-state index contributed by atoms with van der Waals surface area (Å²) < 4.78 is 44.2. The molecule has 0 saturated heterocycles. The molecule has 6 heteroatoms. The van der Waals surface area contributed by atoms with Gasteiger partial charge >= 0.3 is 5.97 Å². The van der Waals surface area contributed by atoms with Crippen LogP contribution in [0.25, 0.3) is 0 Å². The first-order valence-corrected chi connectivity index (χ1v) is 5.72.